The molecule has 0 aliphatic heterocycles. The van der Waals surface area contributed by atoms with Crippen molar-refractivity contribution in [2.24, 2.45) is 17.3 Å². The monoisotopic (exact) mass is 217 g/mol. The van der Waals surface area contributed by atoms with E-state index >= 15 is 0 Å². The second kappa shape index (κ2) is 4.52. The molecule has 0 aromatic heterocycles. The lowest BCUT2D eigenvalue weighted by Crippen LogP contribution is -2.38. The zero-order valence-corrected chi connectivity index (χ0v) is 10.0. The van der Waals surface area contributed by atoms with Gasteiger partial charge in [0, 0.05) is 18.3 Å². The minimum atomic E-state index is 0.000483. The Labute approximate surface area is 91.4 Å². The van der Waals surface area contributed by atoms with Crippen LogP contribution in [0.4, 0.5) is 0 Å². The standard InChI is InChI=1S/C11H20ClNO/c1-8(9-4-5-9)10(14)13-7-11(2,3)6-12/h8-9H,4-7H2,1-3H3,(H,13,14). The molecule has 0 heterocycles. The van der Waals surface area contributed by atoms with Crippen molar-refractivity contribution in [3.63, 3.8) is 0 Å². The third-order valence-corrected chi connectivity index (χ3v) is 3.57. The summed E-state index contributed by atoms with van der Waals surface area (Å²) < 4.78 is 0. The van der Waals surface area contributed by atoms with Crippen LogP contribution < -0.4 is 5.32 Å². The fourth-order valence-electron chi connectivity index (χ4n) is 1.34. The fourth-order valence-corrected chi connectivity index (χ4v) is 1.44. The van der Waals surface area contributed by atoms with Crippen molar-refractivity contribution in [2.45, 2.75) is 33.6 Å². The molecule has 1 atom stereocenters. The van der Waals surface area contributed by atoms with Crippen LogP contribution in [0.5, 0.6) is 0 Å². The molecule has 0 radical (unpaired) electrons. The van der Waals surface area contributed by atoms with E-state index in [1.165, 1.54) is 12.8 Å². The first-order chi connectivity index (χ1) is 6.46. The Morgan fingerprint density at radius 2 is 2.14 bits per heavy atom. The maximum Gasteiger partial charge on any atom is 0.223 e. The molecule has 14 heavy (non-hydrogen) atoms. The largest absolute Gasteiger partial charge is 0.355 e. The van der Waals surface area contributed by atoms with Gasteiger partial charge in [-0.1, -0.05) is 20.8 Å². The van der Waals surface area contributed by atoms with Crippen LogP contribution in [-0.4, -0.2) is 18.3 Å². The molecule has 0 saturated heterocycles. The molecule has 1 amide bonds. The van der Waals surface area contributed by atoms with Gasteiger partial charge in [0.1, 0.15) is 0 Å². The lowest BCUT2D eigenvalue weighted by atomic mass is 9.96. The molecule has 1 aliphatic rings. The molecule has 1 N–H and O–H groups in total. The second-order valence-corrected chi connectivity index (χ2v) is 5.41. The first-order valence-corrected chi connectivity index (χ1v) is 5.83. The number of alkyl halides is 1. The number of nitrogens with one attached hydrogen (secondary N) is 1. The van der Waals surface area contributed by atoms with Gasteiger partial charge in [-0.15, -0.1) is 11.6 Å². The van der Waals surface area contributed by atoms with Crippen LogP contribution in [0, 0.1) is 17.3 Å². The van der Waals surface area contributed by atoms with Gasteiger partial charge in [0.2, 0.25) is 5.91 Å². The first kappa shape index (κ1) is 11.8. The van der Waals surface area contributed by atoms with E-state index in [9.17, 15) is 4.79 Å². The van der Waals surface area contributed by atoms with Crippen LogP contribution in [-0.2, 0) is 4.79 Å². The van der Waals surface area contributed by atoms with Gasteiger partial charge in [0.05, 0.1) is 0 Å². The number of hydrogen-bond acceptors (Lipinski definition) is 1. The Kier molecular flexibility index (Phi) is 3.82. The molecular formula is C11H20ClNO. The van der Waals surface area contributed by atoms with E-state index in [2.05, 4.69) is 19.2 Å². The van der Waals surface area contributed by atoms with Crippen molar-refractivity contribution in [2.75, 3.05) is 12.4 Å². The molecule has 82 valence electrons. The Morgan fingerprint density at radius 3 is 2.57 bits per heavy atom. The highest BCUT2D eigenvalue weighted by atomic mass is 35.5. The molecule has 1 rings (SSSR count). The number of halogens is 1. The van der Waals surface area contributed by atoms with Crippen LogP contribution in [0.15, 0.2) is 0 Å². The summed E-state index contributed by atoms with van der Waals surface area (Å²) in [5.41, 5.74) is 0.000483. The predicted octanol–water partition coefficient (Wildman–Crippen LogP) is 2.41. The maximum absolute atomic E-state index is 11.6. The molecular weight excluding hydrogens is 198 g/mol. The number of carbonyl (C=O) groups is 1. The lowest BCUT2D eigenvalue weighted by molar-refractivity contribution is -0.125. The molecule has 1 unspecified atom stereocenters. The normalized spacial score (nSPS) is 19.1. The number of hydrogen-bond donors (Lipinski definition) is 1. The topological polar surface area (TPSA) is 29.1 Å². The van der Waals surface area contributed by atoms with E-state index in [0.29, 0.717) is 18.3 Å². The Morgan fingerprint density at radius 1 is 1.57 bits per heavy atom. The Bertz CT molecular complexity index is 211. The summed E-state index contributed by atoms with van der Waals surface area (Å²) in [7, 11) is 0. The van der Waals surface area contributed by atoms with Gasteiger partial charge in [-0.3, -0.25) is 4.79 Å². The highest BCUT2D eigenvalue weighted by Gasteiger charge is 2.32. The molecule has 1 fully saturated rings. The van der Waals surface area contributed by atoms with Crippen molar-refractivity contribution >= 4 is 17.5 Å². The van der Waals surface area contributed by atoms with Crippen molar-refractivity contribution < 1.29 is 4.79 Å². The average molecular weight is 218 g/mol. The molecule has 0 aromatic carbocycles. The minimum absolute atomic E-state index is 0.000483. The van der Waals surface area contributed by atoms with E-state index in [-0.39, 0.29) is 17.2 Å². The molecule has 0 bridgehead atoms. The zero-order valence-electron chi connectivity index (χ0n) is 9.27. The van der Waals surface area contributed by atoms with E-state index in [1.807, 2.05) is 6.92 Å². The van der Waals surface area contributed by atoms with Crippen LogP contribution >= 0.6 is 11.6 Å². The van der Waals surface area contributed by atoms with Gasteiger partial charge in [0.15, 0.2) is 0 Å². The van der Waals surface area contributed by atoms with Crippen molar-refractivity contribution in [1.29, 1.82) is 0 Å². The van der Waals surface area contributed by atoms with Gasteiger partial charge in [-0.05, 0) is 24.2 Å². The van der Waals surface area contributed by atoms with Gasteiger partial charge in [-0.25, -0.2) is 0 Å². The first-order valence-electron chi connectivity index (χ1n) is 5.30. The Balaban J connectivity index is 2.26. The third-order valence-electron chi connectivity index (χ3n) is 2.85. The molecule has 2 nitrogen and oxygen atoms in total. The van der Waals surface area contributed by atoms with Crippen molar-refractivity contribution in [3.05, 3.63) is 0 Å². The molecule has 3 heteroatoms. The Hall–Kier alpha value is -0.240. The quantitative estimate of drug-likeness (QED) is 0.705. The molecule has 0 spiro atoms. The van der Waals surface area contributed by atoms with Crippen LogP contribution in [0.1, 0.15) is 33.6 Å². The lowest BCUT2D eigenvalue weighted by Gasteiger charge is -2.22. The SMILES string of the molecule is CC(C(=O)NCC(C)(C)CCl)C1CC1. The highest BCUT2D eigenvalue weighted by molar-refractivity contribution is 6.18. The number of amides is 1. The van der Waals surface area contributed by atoms with Gasteiger partial charge in [0.25, 0.3) is 0 Å². The van der Waals surface area contributed by atoms with Crippen molar-refractivity contribution in [1.82, 2.24) is 5.32 Å². The number of carbonyl (C=O) groups excluding carboxylic acids is 1. The van der Waals surface area contributed by atoms with Gasteiger partial charge < -0.3 is 5.32 Å². The molecule has 1 aliphatic carbocycles. The summed E-state index contributed by atoms with van der Waals surface area (Å²) >= 11 is 5.78. The van der Waals surface area contributed by atoms with Gasteiger partial charge in [-0.2, -0.15) is 0 Å². The van der Waals surface area contributed by atoms with Crippen LogP contribution in [0.3, 0.4) is 0 Å². The summed E-state index contributed by atoms with van der Waals surface area (Å²) in [5.74, 6) is 1.58. The van der Waals surface area contributed by atoms with E-state index < -0.39 is 0 Å². The van der Waals surface area contributed by atoms with Crippen molar-refractivity contribution in [3.8, 4) is 0 Å². The van der Waals surface area contributed by atoms with E-state index in [4.69, 9.17) is 11.6 Å². The molecule has 0 aromatic rings. The van der Waals surface area contributed by atoms with Gasteiger partial charge >= 0.3 is 0 Å². The minimum Gasteiger partial charge on any atom is -0.355 e. The summed E-state index contributed by atoms with van der Waals surface area (Å²) in [6.45, 7) is 6.80. The smallest absolute Gasteiger partial charge is 0.223 e. The molecule has 1 saturated carbocycles. The maximum atomic E-state index is 11.6. The summed E-state index contributed by atoms with van der Waals surface area (Å²) in [6.07, 6.45) is 2.43. The summed E-state index contributed by atoms with van der Waals surface area (Å²) in [5, 5.41) is 2.97. The number of rotatable bonds is 5. The van der Waals surface area contributed by atoms with E-state index in [0.717, 1.165) is 0 Å². The van der Waals surface area contributed by atoms with Crippen LogP contribution in [0.25, 0.3) is 0 Å². The van der Waals surface area contributed by atoms with Crippen LogP contribution in [0.2, 0.25) is 0 Å². The third kappa shape index (κ3) is 3.49. The summed E-state index contributed by atoms with van der Waals surface area (Å²) in [6, 6.07) is 0. The predicted molar refractivity (Wildman–Crippen MR) is 59.4 cm³/mol. The average Bonchev–Trinajstić information content (AvgIpc) is 2.96. The highest BCUT2D eigenvalue weighted by Crippen LogP contribution is 2.36. The second-order valence-electron chi connectivity index (χ2n) is 5.14. The summed E-state index contributed by atoms with van der Waals surface area (Å²) in [4.78, 5) is 11.6. The fraction of sp³-hybridized carbons (Fsp3) is 0.909. The van der Waals surface area contributed by atoms with E-state index in [1.54, 1.807) is 0 Å². The zero-order chi connectivity index (χ0) is 10.8.